The third-order valence-electron chi connectivity index (χ3n) is 10.4. The predicted octanol–water partition coefficient (Wildman–Crippen LogP) is 1.25. The minimum absolute atomic E-state index is 0.00403. The van der Waals surface area contributed by atoms with Crippen LogP contribution >= 0.6 is 0 Å². The molecule has 4 aliphatic rings. The fourth-order valence-corrected chi connectivity index (χ4v) is 7.61. The van der Waals surface area contributed by atoms with Gasteiger partial charge in [0, 0.05) is 37.5 Å². The molecule has 1 saturated heterocycles. The SMILES string of the molecule is [CH][C@@H](c1ccco1)[C@@H](O)C(=O)OC1C[C@@]2(O)[C@@H](OC(C)=O)[C@@H]3[C@]4(O)CO[C@@H]4C[C@H](O)[C@@]3(C)C(=O)CC(=C1C)C2(C)C. The number of rotatable bonds is 5. The van der Waals surface area contributed by atoms with Crippen LogP contribution in [0.5, 0.6) is 0 Å². The zero-order valence-corrected chi connectivity index (χ0v) is 23.8. The summed E-state index contributed by atoms with van der Waals surface area (Å²) in [6.07, 6.45) is -5.69. The van der Waals surface area contributed by atoms with E-state index in [0.29, 0.717) is 11.1 Å². The summed E-state index contributed by atoms with van der Waals surface area (Å²) in [7, 11) is 0. The van der Waals surface area contributed by atoms with E-state index < -0.39 is 82.1 Å². The topological polar surface area (TPSA) is 173 Å². The van der Waals surface area contributed by atoms with Gasteiger partial charge in [-0.1, -0.05) is 19.4 Å². The highest BCUT2D eigenvalue weighted by molar-refractivity contribution is 5.89. The van der Waals surface area contributed by atoms with Gasteiger partial charge in [0.2, 0.25) is 0 Å². The van der Waals surface area contributed by atoms with E-state index in [-0.39, 0.29) is 31.6 Å². The molecular weight excluding hydrogens is 536 g/mol. The molecule has 4 N–H and O–H groups in total. The second kappa shape index (κ2) is 9.74. The lowest BCUT2D eigenvalue weighted by atomic mass is 9.45. The molecule has 3 aliphatic carbocycles. The summed E-state index contributed by atoms with van der Waals surface area (Å²) in [5.74, 6) is -4.55. The van der Waals surface area contributed by atoms with Gasteiger partial charge in [-0.15, -0.1) is 0 Å². The van der Waals surface area contributed by atoms with Crippen LogP contribution in [0.25, 0.3) is 0 Å². The molecule has 5 rings (SSSR count). The Kier molecular flexibility index (Phi) is 7.10. The van der Waals surface area contributed by atoms with Crippen LogP contribution in [0.3, 0.4) is 0 Å². The van der Waals surface area contributed by atoms with Crippen molar-refractivity contribution < 1.29 is 53.4 Å². The van der Waals surface area contributed by atoms with Crippen LogP contribution in [-0.2, 0) is 28.6 Å². The molecule has 1 aromatic heterocycles. The zero-order valence-electron chi connectivity index (χ0n) is 23.8. The maximum Gasteiger partial charge on any atom is 0.336 e. The van der Waals surface area contributed by atoms with Crippen molar-refractivity contribution in [3.63, 3.8) is 0 Å². The molecule has 224 valence electrons. The van der Waals surface area contributed by atoms with E-state index in [1.54, 1.807) is 26.8 Å². The van der Waals surface area contributed by atoms with Gasteiger partial charge in [-0.2, -0.15) is 0 Å². The molecule has 0 aromatic carbocycles. The van der Waals surface area contributed by atoms with E-state index in [4.69, 9.17) is 25.6 Å². The monoisotopic (exact) mass is 574 g/mol. The number of hydrogen-bond donors (Lipinski definition) is 4. The lowest BCUT2D eigenvalue weighted by Crippen LogP contribution is -2.80. The zero-order chi connectivity index (χ0) is 30.3. The van der Waals surface area contributed by atoms with E-state index in [2.05, 4.69) is 0 Å². The van der Waals surface area contributed by atoms with Gasteiger partial charge in [0.25, 0.3) is 0 Å². The summed E-state index contributed by atoms with van der Waals surface area (Å²) in [5, 5.41) is 46.4. The highest BCUT2D eigenvalue weighted by Crippen LogP contribution is 2.63. The van der Waals surface area contributed by atoms with Gasteiger partial charge < -0.3 is 39.1 Å². The summed E-state index contributed by atoms with van der Waals surface area (Å²) in [5.41, 5.74) is -5.55. The molecule has 11 nitrogen and oxygen atoms in total. The van der Waals surface area contributed by atoms with Crippen LogP contribution in [0.1, 0.15) is 65.6 Å². The van der Waals surface area contributed by atoms with Gasteiger partial charge in [-0.25, -0.2) is 4.79 Å². The van der Waals surface area contributed by atoms with Gasteiger partial charge >= 0.3 is 11.9 Å². The van der Waals surface area contributed by atoms with Crippen molar-refractivity contribution >= 4 is 17.7 Å². The number of ketones is 1. The standard InChI is InChI=1S/C30H38O11/c1-14-17-10-20(32)28(6)21(33)11-22-29(36,13-39-22)24(28)25(40-16(3)31)30(37,27(17,4)5)12-19(14)41-26(35)23(34)15(2)18-8-7-9-38-18/h2,7-9,15,19,21-25,33-34,36-37H,10-13H2,1,3-6H3/t15-,19?,21-,22+,23+,24-,25-,28+,29-,30+/m0/s1. The number of Topliss-reactive ketones (excluding diaryl/α,β-unsaturated/α-hetero) is 1. The molecule has 2 heterocycles. The van der Waals surface area contributed by atoms with Gasteiger partial charge in [0.05, 0.1) is 36.4 Å². The van der Waals surface area contributed by atoms with Gasteiger partial charge in [0.15, 0.2) is 6.10 Å². The third kappa shape index (κ3) is 4.15. The van der Waals surface area contributed by atoms with Crippen molar-refractivity contribution in [3.8, 4) is 0 Å². The van der Waals surface area contributed by atoms with Gasteiger partial charge in [-0.3, -0.25) is 9.59 Å². The second-order valence-corrected chi connectivity index (χ2v) is 12.8. The molecule has 0 spiro atoms. The Labute approximate surface area is 238 Å². The lowest BCUT2D eigenvalue weighted by Gasteiger charge is -2.66. The van der Waals surface area contributed by atoms with E-state index >= 15 is 0 Å². The Hall–Kier alpha value is -2.57. The number of carbonyl (C=O) groups excluding carboxylic acids is 3. The number of esters is 2. The van der Waals surface area contributed by atoms with Crippen LogP contribution in [0.4, 0.5) is 0 Å². The molecule has 1 aliphatic heterocycles. The van der Waals surface area contributed by atoms with Crippen molar-refractivity contribution in [2.75, 3.05) is 6.61 Å². The predicted molar refractivity (Wildman–Crippen MR) is 140 cm³/mol. The smallest absolute Gasteiger partial charge is 0.336 e. The Balaban J connectivity index is 1.61. The second-order valence-electron chi connectivity index (χ2n) is 12.8. The van der Waals surface area contributed by atoms with Crippen LogP contribution in [-0.4, -0.2) is 86.5 Å². The largest absolute Gasteiger partial charge is 0.469 e. The summed E-state index contributed by atoms with van der Waals surface area (Å²) < 4.78 is 22.3. The Morgan fingerprint density at radius 1 is 1.20 bits per heavy atom. The molecule has 0 amide bonds. The maximum absolute atomic E-state index is 14.1. The molecule has 1 aromatic rings. The first-order valence-corrected chi connectivity index (χ1v) is 13.8. The lowest BCUT2D eigenvalue weighted by molar-refractivity contribution is -0.344. The Bertz CT molecular complexity index is 1270. The summed E-state index contributed by atoms with van der Waals surface area (Å²) in [4.78, 5) is 39.8. The van der Waals surface area contributed by atoms with Crippen molar-refractivity contribution in [1.29, 1.82) is 0 Å². The fourth-order valence-electron chi connectivity index (χ4n) is 7.61. The van der Waals surface area contributed by atoms with Crippen molar-refractivity contribution in [3.05, 3.63) is 42.2 Å². The average molecular weight is 575 g/mol. The molecular formula is C30H38O11. The van der Waals surface area contributed by atoms with E-state index in [0.717, 1.165) is 6.92 Å². The molecule has 2 radical (unpaired) electrons. The highest BCUT2D eigenvalue weighted by atomic mass is 16.6. The minimum atomic E-state index is -1.99. The molecule has 11 heteroatoms. The maximum atomic E-state index is 14.1. The van der Waals surface area contributed by atoms with Crippen molar-refractivity contribution in [2.45, 2.75) is 102 Å². The molecule has 2 saturated carbocycles. The minimum Gasteiger partial charge on any atom is -0.469 e. The highest BCUT2D eigenvalue weighted by Gasteiger charge is 2.75. The first kappa shape index (κ1) is 29.9. The van der Waals surface area contributed by atoms with Crippen LogP contribution in [0.2, 0.25) is 0 Å². The molecule has 3 fully saturated rings. The average Bonchev–Trinajstić information content (AvgIpc) is 3.44. The third-order valence-corrected chi connectivity index (χ3v) is 10.4. The first-order valence-electron chi connectivity index (χ1n) is 13.8. The van der Waals surface area contributed by atoms with Crippen LogP contribution in [0.15, 0.2) is 34.0 Å². The Morgan fingerprint density at radius 2 is 1.88 bits per heavy atom. The Morgan fingerprint density at radius 3 is 2.44 bits per heavy atom. The number of hydrogen-bond acceptors (Lipinski definition) is 11. The van der Waals surface area contributed by atoms with E-state index in [1.165, 1.54) is 19.3 Å². The summed E-state index contributed by atoms with van der Waals surface area (Å²) >= 11 is 0. The van der Waals surface area contributed by atoms with Gasteiger partial charge in [-0.05, 0) is 38.5 Å². The molecule has 41 heavy (non-hydrogen) atoms. The van der Waals surface area contributed by atoms with Crippen molar-refractivity contribution in [2.24, 2.45) is 16.7 Å². The quantitative estimate of drug-likeness (QED) is 0.294. The first-order chi connectivity index (χ1) is 19.0. The van der Waals surface area contributed by atoms with E-state index in [9.17, 15) is 34.8 Å². The fraction of sp³-hybridized carbons (Fsp3) is 0.667. The number of carbonyl (C=O) groups is 3. The molecule has 10 atom stereocenters. The number of furan rings is 1. The normalized spacial score (nSPS) is 41.1. The molecule has 1 unspecified atom stereocenters. The summed E-state index contributed by atoms with van der Waals surface area (Å²) in [6, 6.07) is 3.06. The molecule has 2 bridgehead atoms. The van der Waals surface area contributed by atoms with Crippen LogP contribution in [0, 0.1) is 23.7 Å². The number of fused-ring (bicyclic) bond motifs is 5. The van der Waals surface area contributed by atoms with Gasteiger partial charge in [0.1, 0.15) is 35.0 Å². The van der Waals surface area contributed by atoms with Crippen LogP contribution < -0.4 is 0 Å². The number of aliphatic hydroxyl groups excluding tert-OH is 2. The number of aliphatic hydroxyl groups is 4. The van der Waals surface area contributed by atoms with E-state index in [1.807, 2.05) is 0 Å². The van der Waals surface area contributed by atoms with Crippen molar-refractivity contribution in [1.82, 2.24) is 0 Å². The number of ether oxygens (including phenoxy) is 3. The summed E-state index contributed by atoms with van der Waals surface area (Å²) in [6.45, 7) is 13.6.